The maximum absolute atomic E-state index is 13.2. The van der Waals surface area contributed by atoms with Crippen LogP contribution in [-0.2, 0) is 0 Å². The van der Waals surface area contributed by atoms with Crippen molar-refractivity contribution in [3.63, 3.8) is 0 Å². The molecule has 132 valence electrons. The Kier molecular flexibility index (Phi) is 3.27. The molecule has 0 bridgehead atoms. The van der Waals surface area contributed by atoms with Gasteiger partial charge in [0.25, 0.3) is 0 Å². The van der Waals surface area contributed by atoms with Crippen LogP contribution in [0.2, 0.25) is 0 Å². The normalized spacial score (nSPS) is 29.6. The van der Waals surface area contributed by atoms with Crippen LogP contribution in [0.25, 0.3) is 0 Å². The van der Waals surface area contributed by atoms with Gasteiger partial charge in [0, 0.05) is 60.5 Å². The molecule has 3 aliphatic rings. The third-order valence-electron chi connectivity index (χ3n) is 6.69. The lowest BCUT2D eigenvalue weighted by Crippen LogP contribution is -2.59. The second-order valence-electron chi connectivity index (χ2n) is 7.80. The average Bonchev–Trinajstić information content (AvgIpc) is 2.69. The molecule has 5 rings (SSSR count). The Balaban J connectivity index is 1.58. The van der Waals surface area contributed by atoms with E-state index in [2.05, 4.69) is 23.9 Å². The molecule has 2 aromatic carbocycles. The number of para-hydroxylation sites is 2. The van der Waals surface area contributed by atoms with Crippen molar-refractivity contribution in [2.45, 2.75) is 24.9 Å². The minimum absolute atomic E-state index is 0.0448. The molecule has 1 saturated carbocycles. The van der Waals surface area contributed by atoms with Crippen LogP contribution in [0.1, 0.15) is 33.6 Å². The van der Waals surface area contributed by atoms with Gasteiger partial charge < -0.3 is 9.80 Å². The van der Waals surface area contributed by atoms with Gasteiger partial charge in [-0.25, -0.2) is 0 Å². The second-order valence-corrected chi connectivity index (χ2v) is 7.80. The molecule has 1 aliphatic carbocycles. The van der Waals surface area contributed by atoms with Crippen LogP contribution in [0.3, 0.4) is 0 Å². The van der Waals surface area contributed by atoms with Gasteiger partial charge in [0.05, 0.1) is 0 Å². The van der Waals surface area contributed by atoms with Crippen LogP contribution >= 0.6 is 0 Å². The highest BCUT2D eigenvalue weighted by Gasteiger charge is 2.51. The lowest BCUT2D eigenvalue weighted by Gasteiger charge is -2.52. The van der Waals surface area contributed by atoms with Crippen molar-refractivity contribution in [3.8, 4) is 0 Å². The highest BCUT2D eigenvalue weighted by Crippen LogP contribution is 2.46. The van der Waals surface area contributed by atoms with Crippen molar-refractivity contribution >= 4 is 22.9 Å². The standard InChI is InChI=1S/C22H22N2O2/c1-23-17-9-5-3-7-13(17)21(25)15-12-20-16(11-19(15)23)22(26)14-8-4-6-10-18(14)24(20)2/h3-10,15-16,19-20H,11-12H2,1-2H3. The van der Waals surface area contributed by atoms with Crippen LogP contribution in [0.5, 0.6) is 0 Å². The molecule has 0 spiro atoms. The van der Waals surface area contributed by atoms with Crippen LogP contribution in [0, 0.1) is 11.8 Å². The summed E-state index contributed by atoms with van der Waals surface area (Å²) in [4.78, 5) is 30.8. The predicted octanol–water partition coefficient (Wildman–Crippen LogP) is 3.42. The van der Waals surface area contributed by atoms with E-state index in [0.29, 0.717) is 0 Å². The molecule has 0 saturated heterocycles. The lowest BCUT2D eigenvalue weighted by atomic mass is 9.66. The number of hydrogen-bond acceptors (Lipinski definition) is 4. The fourth-order valence-corrected chi connectivity index (χ4v) is 5.32. The molecule has 4 atom stereocenters. The number of rotatable bonds is 0. The van der Waals surface area contributed by atoms with E-state index in [1.165, 1.54) is 0 Å². The summed E-state index contributed by atoms with van der Waals surface area (Å²) in [6.45, 7) is 0. The number of Topliss-reactive ketones (excluding diaryl/α,β-unsaturated/α-hetero) is 2. The molecule has 0 aromatic heterocycles. The van der Waals surface area contributed by atoms with E-state index in [1.54, 1.807) is 0 Å². The summed E-state index contributed by atoms with van der Waals surface area (Å²) in [7, 11) is 4.13. The third-order valence-corrected chi connectivity index (χ3v) is 6.69. The number of hydrogen-bond donors (Lipinski definition) is 0. The summed E-state index contributed by atoms with van der Waals surface area (Å²) in [6, 6.07) is 15.9. The predicted molar refractivity (Wildman–Crippen MR) is 102 cm³/mol. The fraction of sp³-hybridized carbons (Fsp3) is 0.364. The Morgan fingerprint density at radius 3 is 1.50 bits per heavy atom. The fourth-order valence-electron chi connectivity index (χ4n) is 5.32. The summed E-state index contributed by atoms with van der Waals surface area (Å²) < 4.78 is 0. The molecule has 2 aromatic rings. The first-order valence-electron chi connectivity index (χ1n) is 9.30. The molecular formula is C22H22N2O2. The van der Waals surface area contributed by atoms with E-state index >= 15 is 0 Å². The molecular weight excluding hydrogens is 324 g/mol. The maximum atomic E-state index is 13.2. The second kappa shape index (κ2) is 5.44. The number of anilines is 2. The Bertz CT molecular complexity index is 846. The SMILES string of the molecule is CN1c2ccccc2C(=O)C2CC3C(CC21)C(=O)c1ccccc1N3C. The molecule has 2 heterocycles. The van der Waals surface area contributed by atoms with E-state index in [4.69, 9.17) is 0 Å². The molecule has 26 heavy (non-hydrogen) atoms. The van der Waals surface area contributed by atoms with Crippen LogP contribution in [0.4, 0.5) is 11.4 Å². The van der Waals surface area contributed by atoms with Gasteiger partial charge >= 0.3 is 0 Å². The van der Waals surface area contributed by atoms with Crippen molar-refractivity contribution in [2.24, 2.45) is 11.8 Å². The van der Waals surface area contributed by atoms with E-state index in [9.17, 15) is 9.59 Å². The van der Waals surface area contributed by atoms with Gasteiger partial charge in [-0.3, -0.25) is 9.59 Å². The van der Waals surface area contributed by atoms with Crippen molar-refractivity contribution < 1.29 is 9.59 Å². The van der Waals surface area contributed by atoms with Gasteiger partial charge in [0.1, 0.15) is 0 Å². The zero-order valence-corrected chi connectivity index (χ0v) is 15.1. The van der Waals surface area contributed by atoms with E-state index in [0.717, 1.165) is 35.3 Å². The minimum Gasteiger partial charge on any atom is -0.370 e. The number of ketones is 2. The first-order valence-corrected chi connectivity index (χ1v) is 9.30. The number of nitrogens with zero attached hydrogens (tertiary/aromatic N) is 2. The molecule has 0 radical (unpaired) electrons. The summed E-state index contributed by atoms with van der Waals surface area (Å²) in [5.74, 6) is 0.386. The smallest absolute Gasteiger partial charge is 0.170 e. The average molecular weight is 346 g/mol. The lowest BCUT2D eigenvalue weighted by molar-refractivity contribution is 0.0710. The van der Waals surface area contributed by atoms with Crippen LogP contribution in [-0.4, -0.2) is 37.7 Å². The summed E-state index contributed by atoms with van der Waals surface area (Å²) >= 11 is 0. The number of carbonyl (C=O) groups excluding carboxylic acids is 2. The van der Waals surface area contributed by atoms with Crippen LogP contribution < -0.4 is 9.80 Å². The highest BCUT2D eigenvalue weighted by atomic mass is 16.1. The Hall–Kier alpha value is -2.62. The molecule has 2 aliphatic heterocycles. The van der Waals surface area contributed by atoms with E-state index in [-0.39, 0.29) is 35.5 Å². The zero-order valence-electron chi connectivity index (χ0n) is 15.1. The molecule has 4 unspecified atom stereocenters. The van der Waals surface area contributed by atoms with Crippen molar-refractivity contribution in [1.29, 1.82) is 0 Å². The van der Waals surface area contributed by atoms with Crippen molar-refractivity contribution in [3.05, 3.63) is 59.7 Å². The molecule has 1 fully saturated rings. The summed E-state index contributed by atoms with van der Waals surface area (Å²) in [5, 5.41) is 0. The molecule has 0 amide bonds. The van der Waals surface area contributed by atoms with Gasteiger partial charge in [-0.2, -0.15) is 0 Å². The Morgan fingerprint density at radius 1 is 0.692 bits per heavy atom. The van der Waals surface area contributed by atoms with Crippen LogP contribution in [0.15, 0.2) is 48.5 Å². The number of carbonyl (C=O) groups is 2. The summed E-state index contributed by atoms with van der Waals surface area (Å²) in [6.07, 6.45) is 1.48. The van der Waals surface area contributed by atoms with Gasteiger partial charge in [-0.05, 0) is 37.1 Å². The quantitative estimate of drug-likeness (QED) is 0.733. The Morgan fingerprint density at radius 2 is 1.08 bits per heavy atom. The Labute approximate surface area is 153 Å². The van der Waals surface area contributed by atoms with E-state index < -0.39 is 0 Å². The maximum Gasteiger partial charge on any atom is 0.170 e. The first-order chi connectivity index (χ1) is 12.6. The monoisotopic (exact) mass is 346 g/mol. The van der Waals surface area contributed by atoms with Gasteiger partial charge in [0.15, 0.2) is 11.6 Å². The molecule has 0 N–H and O–H groups in total. The van der Waals surface area contributed by atoms with E-state index in [1.807, 2.05) is 48.5 Å². The number of fused-ring (bicyclic) bond motifs is 4. The van der Waals surface area contributed by atoms with Gasteiger partial charge in [-0.15, -0.1) is 0 Å². The van der Waals surface area contributed by atoms with Crippen molar-refractivity contribution in [1.82, 2.24) is 0 Å². The molecule has 4 nitrogen and oxygen atoms in total. The largest absolute Gasteiger partial charge is 0.370 e. The number of benzene rings is 2. The zero-order chi connectivity index (χ0) is 18.0. The minimum atomic E-state index is -0.0448. The van der Waals surface area contributed by atoms with Gasteiger partial charge in [0.2, 0.25) is 0 Å². The third kappa shape index (κ3) is 1.96. The summed E-state index contributed by atoms with van der Waals surface area (Å²) in [5.41, 5.74) is 3.63. The topological polar surface area (TPSA) is 40.6 Å². The highest BCUT2D eigenvalue weighted by molar-refractivity contribution is 6.08. The van der Waals surface area contributed by atoms with Gasteiger partial charge in [-0.1, -0.05) is 24.3 Å². The first kappa shape index (κ1) is 15.6. The molecule has 4 heteroatoms. The van der Waals surface area contributed by atoms with Crippen molar-refractivity contribution in [2.75, 3.05) is 23.9 Å².